The largest absolute Gasteiger partial charge is 0.393 e. The van der Waals surface area contributed by atoms with Crippen LogP contribution >= 0.6 is 0 Å². The van der Waals surface area contributed by atoms with Crippen LogP contribution in [0.4, 0.5) is 4.39 Å². The first-order chi connectivity index (χ1) is 4.74. The van der Waals surface area contributed by atoms with E-state index in [2.05, 4.69) is 6.08 Å². The Labute approximate surface area is 59.6 Å². The standard InChI is InChI=1S/C8H11FO/c9-8(5-10)4-6-1-2-7(8)3-6/h1-2,6-7,10H,3-5H2. The summed E-state index contributed by atoms with van der Waals surface area (Å²) >= 11 is 0. The van der Waals surface area contributed by atoms with E-state index in [0.717, 1.165) is 6.42 Å². The molecule has 0 saturated heterocycles. The first-order valence-corrected chi connectivity index (χ1v) is 3.73. The van der Waals surface area contributed by atoms with Gasteiger partial charge in [0.15, 0.2) is 0 Å². The second-order valence-electron chi connectivity index (χ2n) is 3.38. The van der Waals surface area contributed by atoms with Gasteiger partial charge in [0, 0.05) is 5.92 Å². The number of alkyl halides is 1. The maximum Gasteiger partial charge on any atom is 0.140 e. The highest BCUT2D eigenvalue weighted by Crippen LogP contribution is 2.48. The fourth-order valence-corrected chi connectivity index (χ4v) is 2.08. The lowest BCUT2D eigenvalue weighted by atomic mass is 9.91. The van der Waals surface area contributed by atoms with Crippen molar-refractivity contribution in [2.24, 2.45) is 11.8 Å². The van der Waals surface area contributed by atoms with Gasteiger partial charge in [-0.2, -0.15) is 0 Å². The molecular weight excluding hydrogens is 131 g/mol. The van der Waals surface area contributed by atoms with Gasteiger partial charge in [0.25, 0.3) is 0 Å². The monoisotopic (exact) mass is 142 g/mol. The van der Waals surface area contributed by atoms with Gasteiger partial charge in [-0.3, -0.25) is 0 Å². The number of hydrogen-bond donors (Lipinski definition) is 1. The molecule has 3 atom stereocenters. The van der Waals surface area contributed by atoms with Gasteiger partial charge in [-0.15, -0.1) is 0 Å². The average molecular weight is 142 g/mol. The summed E-state index contributed by atoms with van der Waals surface area (Å²) in [6.07, 6.45) is 5.42. The minimum absolute atomic E-state index is 0.00231. The van der Waals surface area contributed by atoms with Gasteiger partial charge < -0.3 is 5.11 Å². The minimum Gasteiger partial charge on any atom is -0.393 e. The molecule has 56 valence electrons. The molecule has 3 unspecified atom stereocenters. The van der Waals surface area contributed by atoms with Crippen molar-refractivity contribution < 1.29 is 9.50 Å². The summed E-state index contributed by atoms with van der Waals surface area (Å²) in [5.41, 5.74) is -1.28. The fourth-order valence-electron chi connectivity index (χ4n) is 2.08. The average Bonchev–Trinajstić information content (AvgIpc) is 2.46. The summed E-state index contributed by atoms with van der Waals surface area (Å²) in [5, 5.41) is 8.74. The topological polar surface area (TPSA) is 20.2 Å². The van der Waals surface area contributed by atoms with Crippen molar-refractivity contribution in [3.63, 3.8) is 0 Å². The highest BCUT2D eigenvalue weighted by molar-refractivity contribution is 5.16. The van der Waals surface area contributed by atoms with E-state index in [0.29, 0.717) is 12.3 Å². The van der Waals surface area contributed by atoms with Crippen LogP contribution in [0.2, 0.25) is 0 Å². The Morgan fingerprint density at radius 2 is 2.40 bits per heavy atom. The number of halogens is 1. The van der Waals surface area contributed by atoms with Crippen molar-refractivity contribution in [2.75, 3.05) is 6.61 Å². The summed E-state index contributed by atoms with van der Waals surface area (Å²) in [4.78, 5) is 0. The third-order valence-corrected chi connectivity index (χ3v) is 2.70. The van der Waals surface area contributed by atoms with Crippen molar-refractivity contribution in [1.29, 1.82) is 0 Å². The molecule has 0 heterocycles. The molecule has 0 aromatic rings. The maximum atomic E-state index is 13.4. The highest BCUT2D eigenvalue weighted by Gasteiger charge is 2.48. The summed E-state index contributed by atoms with van der Waals surface area (Å²) in [5.74, 6) is 0.407. The second-order valence-corrected chi connectivity index (χ2v) is 3.38. The van der Waals surface area contributed by atoms with Crippen LogP contribution in [-0.4, -0.2) is 17.4 Å². The maximum absolute atomic E-state index is 13.4. The van der Waals surface area contributed by atoms with Crippen molar-refractivity contribution in [1.82, 2.24) is 0 Å². The molecule has 0 aromatic heterocycles. The van der Waals surface area contributed by atoms with E-state index in [1.165, 1.54) is 0 Å². The molecule has 1 N–H and O–H groups in total. The van der Waals surface area contributed by atoms with Gasteiger partial charge in [-0.25, -0.2) is 4.39 Å². The lowest BCUT2D eigenvalue weighted by Gasteiger charge is -2.23. The third kappa shape index (κ3) is 0.655. The molecule has 2 aliphatic carbocycles. The Hall–Kier alpha value is -0.370. The smallest absolute Gasteiger partial charge is 0.140 e. The van der Waals surface area contributed by atoms with Crippen LogP contribution in [0.1, 0.15) is 12.8 Å². The summed E-state index contributed by atoms with van der Waals surface area (Å²) < 4.78 is 13.4. The Bertz CT molecular complexity index is 178. The molecule has 1 fully saturated rings. The quantitative estimate of drug-likeness (QED) is 0.547. The number of aliphatic hydroxyl groups excluding tert-OH is 1. The van der Waals surface area contributed by atoms with E-state index in [-0.39, 0.29) is 12.5 Å². The van der Waals surface area contributed by atoms with Gasteiger partial charge in [0.05, 0.1) is 6.61 Å². The van der Waals surface area contributed by atoms with E-state index in [4.69, 9.17) is 5.11 Å². The van der Waals surface area contributed by atoms with Crippen LogP contribution < -0.4 is 0 Å². The van der Waals surface area contributed by atoms with Crippen molar-refractivity contribution >= 4 is 0 Å². The van der Waals surface area contributed by atoms with Crippen LogP contribution in [-0.2, 0) is 0 Å². The van der Waals surface area contributed by atoms with Crippen LogP contribution in [0.5, 0.6) is 0 Å². The Balaban J connectivity index is 2.22. The fraction of sp³-hybridized carbons (Fsp3) is 0.750. The van der Waals surface area contributed by atoms with E-state index in [9.17, 15) is 4.39 Å². The summed E-state index contributed by atoms with van der Waals surface area (Å²) in [6.45, 7) is -0.307. The van der Waals surface area contributed by atoms with Gasteiger partial charge >= 0.3 is 0 Å². The number of allylic oxidation sites excluding steroid dienone is 2. The number of aliphatic hydroxyl groups is 1. The molecule has 0 spiro atoms. The van der Waals surface area contributed by atoms with Crippen LogP contribution in [0, 0.1) is 11.8 Å². The van der Waals surface area contributed by atoms with Crippen molar-refractivity contribution in [2.45, 2.75) is 18.5 Å². The van der Waals surface area contributed by atoms with Gasteiger partial charge in [-0.1, -0.05) is 12.2 Å². The molecular formula is C8H11FO. The zero-order chi connectivity index (χ0) is 7.19. The predicted octanol–water partition coefficient (Wildman–Crippen LogP) is 1.28. The minimum atomic E-state index is -1.28. The zero-order valence-electron chi connectivity index (χ0n) is 5.76. The Morgan fingerprint density at radius 3 is 2.70 bits per heavy atom. The molecule has 0 aliphatic heterocycles. The molecule has 0 radical (unpaired) electrons. The molecule has 10 heavy (non-hydrogen) atoms. The normalized spacial score (nSPS) is 50.6. The van der Waals surface area contributed by atoms with E-state index in [1.54, 1.807) is 0 Å². The predicted molar refractivity (Wildman–Crippen MR) is 36.3 cm³/mol. The molecule has 2 bridgehead atoms. The molecule has 2 heteroatoms. The number of hydrogen-bond acceptors (Lipinski definition) is 1. The molecule has 0 amide bonds. The molecule has 2 aliphatic rings. The first kappa shape index (κ1) is 6.35. The van der Waals surface area contributed by atoms with E-state index >= 15 is 0 Å². The van der Waals surface area contributed by atoms with Crippen molar-refractivity contribution in [3.8, 4) is 0 Å². The van der Waals surface area contributed by atoms with Crippen molar-refractivity contribution in [3.05, 3.63) is 12.2 Å². The third-order valence-electron chi connectivity index (χ3n) is 2.70. The van der Waals surface area contributed by atoms with Gasteiger partial charge in [0.2, 0.25) is 0 Å². The molecule has 1 nitrogen and oxygen atoms in total. The van der Waals surface area contributed by atoms with E-state index < -0.39 is 5.67 Å². The molecule has 1 saturated carbocycles. The SMILES string of the molecule is OCC1(F)CC2C=CC1C2. The summed E-state index contributed by atoms with van der Waals surface area (Å²) in [6, 6.07) is 0. The molecule has 0 aromatic carbocycles. The lowest BCUT2D eigenvalue weighted by Crippen LogP contribution is -2.32. The number of rotatable bonds is 1. The Kier molecular flexibility index (Phi) is 1.15. The Morgan fingerprint density at radius 1 is 1.60 bits per heavy atom. The highest BCUT2D eigenvalue weighted by atomic mass is 19.1. The van der Waals surface area contributed by atoms with Crippen LogP contribution in [0.3, 0.4) is 0 Å². The van der Waals surface area contributed by atoms with Crippen LogP contribution in [0.25, 0.3) is 0 Å². The molecule has 2 rings (SSSR count). The van der Waals surface area contributed by atoms with Gasteiger partial charge in [0.1, 0.15) is 5.67 Å². The number of fused-ring (bicyclic) bond motifs is 2. The first-order valence-electron chi connectivity index (χ1n) is 3.73. The second kappa shape index (κ2) is 1.82. The lowest BCUT2D eigenvalue weighted by molar-refractivity contribution is 0.0478. The zero-order valence-corrected chi connectivity index (χ0v) is 5.76. The van der Waals surface area contributed by atoms with Crippen LogP contribution in [0.15, 0.2) is 12.2 Å². The summed E-state index contributed by atoms with van der Waals surface area (Å²) in [7, 11) is 0. The van der Waals surface area contributed by atoms with E-state index in [1.807, 2.05) is 6.08 Å². The van der Waals surface area contributed by atoms with Gasteiger partial charge in [-0.05, 0) is 18.8 Å².